The molecule has 3 heterocycles. The van der Waals surface area contributed by atoms with E-state index in [0.29, 0.717) is 15.4 Å². The number of ether oxygens (including phenoxy) is 1. The van der Waals surface area contributed by atoms with E-state index in [0.717, 1.165) is 37.6 Å². The van der Waals surface area contributed by atoms with Crippen LogP contribution >= 0.6 is 34.0 Å². The number of hydrogen-bond donors (Lipinski definition) is 1. The van der Waals surface area contributed by atoms with Crippen LogP contribution in [0.15, 0.2) is 0 Å². The lowest BCUT2D eigenvalue weighted by Crippen LogP contribution is -1.99. The molecule has 0 spiro atoms. The smallest absolute Gasteiger partial charge is 0.349 e. The van der Waals surface area contributed by atoms with Gasteiger partial charge in [0.05, 0.1) is 44.1 Å². The fraction of sp³-hybridized carbons (Fsp3) is 0.368. The summed E-state index contributed by atoms with van der Waals surface area (Å²) in [5.74, 6) is -1.18. The van der Waals surface area contributed by atoms with E-state index in [9.17, 15) is 14.4 Å². The zero-order valence-electron chi connectivity index (χ0n) is 17.7. The Hall–Kier alpha value is -2.50. The van der Waals surface area contributed by atoms with Crippen molar-refractivity contribution < 1.29 is 24.2 Å². The molecule has 1 N–H and O–H groups in total. The highest BCUT2D eigenvalue weighted by Crippen LogP contribution is 2.18. The van der Waals surface area contributed by atoms with Crippen LogP contribution in [0.1, 0.15) is 61.1 Å². The molecule has 0 aromatic carbocycles. The molecule has 0 atom stereocenters. The van der Waals surface area contributed by atoms with Crippen LogP contribution in [-0.2, 0) is 4.74 Å². The predicted octanol–water partition coefficient (Wildman–Crippen LogP) is 4.58. The van der Waals surface area contributed by atoms with E-state index in [1.807, 2.05) is 20.8 Å². The van der Waals surface area contributed by atoms with Crippen molar-refractivity contribution in [1.29, 1.82) is 0 Å². The van der Waals surface area contributed by atoms with E-state index in [1.54, 1.807) is 20.8 Å². The summed E-state index contributed by atoms with van der Waals surface area (Å²) in [7, 11) is 1.37. The molecule has 30 heavy (non-hydrogen) atoms. The largest absolute Gasteiger partial charge is 0.477 e. The Morgan fingerprint density at radius 2 is 1.23 bits per heavy atom. The van der Waals surface area contributed by atoms with Gasteiger partial charge in [-0.1, -0.05) is 0 Å². The fourth-order valence-electron chi connectivity index (χ4n) is 2.20. The second-order valence-electron chi connectivity index (χ2n) is 5.89. The van der Waals surface area contributed by atoms with Gasteiger partial charge in [0.15, 0.2) is 6.29 Å². The third-order valence-corrected chi connectivity index (χ3v) is 6.53. The van der Waals surface area contributed by atoms with E-state index < -0.39 is 5.97 Å². The van der Waals surface area contributed by atoms with Crippen molar-refractivity contribution in [1.82, 2.24) is 15.0 Å². The molecule has 11 heteroatoms. The van der Waals surface area contributed by atoms with Crippen LogP contribution in [0.3, 0.4) is 0 Å². The van der Waals surface area contributed by atoms with Crippen molar-refractivity contribution in [3.8, 4) is 0 Å². The lowest BCUT2D eigenvalue weighted by Gasteiger charge is -1.93. The number of methoxy groups -OCH3 is 1. The quantitative estimate of drug-likeness (QED) is 0.437. The summed E-state index contributed by atoms with van der Waals surface area (Å²) in [6.07, 6.45) is 0.847. The van der Waals surface area contributed by atoms with Crippen molar-refractivity contribution in [3.63, 3.8) is 0 Å². The number of carbonyl (C=O) groups is 3. The molecule has 0 saturated carbocycles. The van der Waals surface area contributed by atoms with Gasteiger partial charge in [-0.2, -0.15) is 0 Å². The number of aromatic carboxylic acids is 1. The van der Waals surface area contributed by atoms with E-state index in [4.69, 9.17) is 5.11 Å². The van der Waals surface area contributed by atoms with Crippen molar-refractivity contribution in [2.45, 2.75) is 41.5 Å². The van der Waals surface area contributed by atoms with Gasteiger partial charge >= 0.3 is 11.9 Å². The van der Waals surface area contributed by atoms with Gasteiger partial charge in [-0.15, -0.1) is 34.0 Å². The van der Waals surface area contributed by atoms with Crippen LogP contribution in [0.5, 0.6) is 0 Å². The molecule has 3 rings (SSSR count). The SMILES string of the molecule is COC(=O)c1sc(C)nc1C.Cc1nc(C)c(C(=O)O)s1.Cc1nc(C)c(C=O)s1. The number of carbonyl (C=O) groups excluding carboxylic acids is 2. The van der Waals surface area contributed by atoms with E-state index in [-0.39, 0.29) is 5.97 Å². The van der Waals surface area contributed by atoms with Gasteiger partial charge in [0.2, 0.25) is 0 Å². The third-order valence-electron chi connectivity index (χ3n) is 3.42. The molecule has 0 fully saturated rings. The number of aldehydes is 1. The van der Waals surface area contributed by atoms with Gasteiger partial charge in [0.1, 0.15) is 9.75 Å². The molecule has 0 radical (unpaired) electrons. The second-order valence-corrected chi connectivity index (χ2v) is 9.53. The normalized spacial score (nSPS) is 9.70. The maximum absolute atomic E-state index is 11.0. The summed E-state index contributed by atoms with van der Waals surface area (Å²) < 4.78 is 4.56. The summed E-state index contributed by atoms with van der Waals surface area (Å²) in [6, 6.07) is 0. The number of thiazole rings is 3. The second kappa shape index (κ2) is 11.6. The summed E-state index contributed by atoms with van der Waals surface area (Å²) >= 11 is 4.01. The molecular weight excluding hydrogens is 446 g/mol. The van der Waals surface area contributed by atoms with Crippen molar-refractivity contribution in [3.05, 3.63) is 46.7 Å². The first-order chi connectivity index (χ1) is 14.0. The third kappa shape index (κ3) is 7.39. The van der Waals surface area contributed by atoms with E-state index in [1.165, 1.54) is 41.1 Å². The summed E-state index contributed by atoms with van der Waals surface area (Å²) in [6.45, 7) is 10.9. The maximum atomic E-state index is 11.0. The number of aryl methyl sites for hydroxylation is 6. The number of carboxylic acid groups (broad SMARTS) is 1. The lowest BCUT2D eigenvalue weighted by atomic mass is 10.4. The number of nitrogens with zero attached hydrogens (tertiary/aromatic N) is 3. The van der Waals surface area contributed by atoms with Crippen LogP contribution in [0, 0.1) is 41.5 Å². The number of rotatable bonds is 3. The molecule has 0 aliphatic carbocycles. The topological polar surface area (TPSA) is 119 Å². The van der Waals surface area contributed by atoms with Crippen LogP contribution in [0.2, 0.25) is 0 Å². The minimum atomic E-state index is -0.886. The highest BCUT2D eigenvalue weighted by atomic mass is 32.1. The Kier molecular flexibility index (Phi) is 9.90. The number of hydrogen-bond acceptors (Lipinski definition) is 10. The maximum Gasteiger partial charge on any atom is 0.349 e. The molecule has 8 nitrogen and oxygen atoms in total. The zero-order valence-corrected chi connectivity index (χ0v) is 20.2. The molecule has 0 bridgehead atoms. The average molecular weight is 470 g/mol. The summed E-state index contributed by atoms with van der Waals surface area (Å²) in [4.78, 5) is 45.4. The molecule has 3 aromatic rings. The highest BCUT2D eigenvalue weighted by molar-refractivity contribution is 7.14. The zero-order chi connectivity index (χ0) is 23.0. The monoisotopic (exact) mass is 469 g/mol. The highest BCUT2D eigenvalue weighted by Gasteiger charge is 2.13. The predicted molar refractivity (Wildman–Crippen MR) is 118 cm³/mol. The summed E-state index contributed by atoms with van der Waals surface area (Å²) in [5, 5.41) is 11.2. The first-order valence-corrected chi connectivity index (χ1v) is 11.0. The minimum absolute atomic E-state index is 0.298. The first kappa shape index (κ1) is 25.5. The molecular formula is C19H23N3O5S3. The Labute approximate surface area is 186 Å². The molecule has 162 valence electrons. The average Bonchev–Trinajstić information content (AvgIpc) is 3.30. The number of aromatic nitrogens is 3. The van der Waals surface area contributed by atoms with Gasteiger partial charge in [0.25, 0.3) is 0 Å². The van der Waals surface area contributed by atoms with Gasteiger partial charge in [0, 0.05) is 0 Å². The van der Waals surface area contributed by atoms with Crippen LogP contribution < -0.4 is 0 Å². The van der Waals surface area contributed by atoms with Gasteiger partial charge < -0.3 is 9.84 Å². The fourth-order valence-corrected chi connectivity index (χ4v) is 4.54. The Morgan fingerprint density at radius 1 is 0.800 bits per heavy atom. The summed E-state index contributed by atoms with van der Waals surface area (Å²) in [5.41, 5.74) is 2.20. The first-order valence-electron chi connectivity index (χ1n) is 8.58. The number of esters is 1. The van der Waals surface area contributed by atoms with Crippen molar-refractivity contribution >= 4 is 52.2 Å². The van der Waals surface area contributed by atoms with Gasteiger partial charge in [-0.25, -0.2) is 24.5 Å². The van der Waals surface area contributed by atoms with Crippen LogP contribution in [0.25, 0.3) is 0 Å². The van der Waals surface area contributed by atoms with E-state index >= 15 is 0 Å². The van der Waals surface area contributed by atoms with Crippen LogP contribution in [0.4, 0.5) is 0 Å². The molecule has 3 aromatic heterocycles. The van der Waals surface area contributed by atoms with Gasteiger partial charge in [-0.05, 0) is 41.5 Å². The van der Waals surface area contributed by atoms with Crippen molar-refractivity contribution in [2.75, 3.05) is 7.11 Å². The van der Waals surface area contributed by atoms with E-state index in [2.05, 4.69) is 19.7 Å². The molecule has 0 saturated heterocycles. The minimum Gasteiger partial charge on any atom is -0.477 e. The molecule has 0 aliphatic rings. The molecule has 0 aliphatic heterocycles. The lowest BCUT2D eigenvalue weighted by molar-refractivity contribution is 0.0604. The molecule has 0 unspecified atom stereocenters. The Balaban J connectivity index is 0.000000226. The molecule has 0 amide bonds. The Morgan fingerprint density at radius 3 is 1.47 bits per heavy atom. The number of carboxylic acids is 1. The van der Waals surface area contributed by atoms with Crippen LogP contribution in [-0.4, -0.2) is 45.4 Å². The van der Waals surface area contributed by atoms with Crippen molar-refractivity contribution in [2.24, 2.45) is 0 Å². The Bertz CT molecular complexity index is 1040. The standard InChI is InChI=1S/C7H9NO2S.C6H7NO2S.C6H7NOS/c1-4-6(7(9)10-3)11-5(2)8-4;1-3-5(6(8)9)10-4(2)7-3;1-4-6(3-8)9-5(2)7-4/h1-3H3;1-2H3,(H,8,9);3H,1-2H3. The van der Waals surface area contributed by atoms with Gasteiger partial charge in [-0.3, -0.25) is 4.79 Å².